The first-order chi connectivity index (χ1) is 9.60. The van der Waals surface area contributed by atoms with E-state index in [0.29, 0.717) is 6.54 Å². The van der Waals surface area contributed by atoms with Crippen molar-refractivity contribution in [1.82, 2.24) is 10.2 Å². The summed E-state index contributed by atoms with van der Waals surface area (Å²) < 4.78 is 0. The van der Waals surface area contributed by atoms with E-state index in [1.54, 1.807) is 11.9 Å². The van der Waals surface area contributed by atoms with E-state index in [4.69, 9.17) is 0 Å². The number of likely N-dealkylation sites (N-methyl/N-ethyl adjacent to an activating group) is 2. The highest BCUT2D eigenvalue weighted by atomic mass is 16.2. The van der Waals surface area contributed by atoms with Gasteiger partial charge < -0.3 is 5.32 Å². The second-order valence-corrected chi connectivity index (χ2v) is 5.39. The molecule has 0 unspecified atom stereocenters. The van der Waals surface area contributed by atoms with Gasteiger partial charge in [-0.05, 0) is 50.4 Å². The molecule has 1 N–H and O–H groups in total. The number of Topliss-reactive ketones (excluding diaryl/α,β-unsaturated/α-hetero) is 1. The molecule has 1 amide bonds. The van der Waals surface area contributed by atoms with Crippen LogP contribution >= 0.6 is 0 Å². The van der Waals surface area contributed by atoms with Crippen LogP contribution in [0.4, 0.5) is 0 Å². The van der Waals surface area contributed by atoms with Gasteiger partial charge in [0, 0.05) is 12.1 Å². The maximum atomic E-state index is 12.2. The molecule has 0 saturated heterocycles. The van der Waals surface area contributed by atoms with Gasteiger partial charge in [-0.25, -0.2) is 0 Å². The van der Waals surface area contributed by atoms with Crippen LogP contribution in [0.1, 0.15) is 34.8 Å². The van der Waals surface area contributed by atoms with Gasteiger partial charge in [0.25, 0.3) is 0 Å². The van der Waals surface area contributed by atoms with Gasteiger partial charge in [0.15, 0.2) is 5.78 Å². The number of aryl methyl sites for hydroxylation is 2. The zero-order valence-electron chi connectivity index (χ0n) is 12.2. The summed E-state index contributed by atoms with van der Waals surface area (Å²) in [7, 11) is 1.79. The van der Waals surface area contributed by atoms with Crippen LogP contribution in [-0.2, 0) is 17.6 Å². The Morgan fingerprint density at radius 2 is 1.95 bits per heavy atom. The van der Waals surface area contributed by atoms with E-state index in [1.165, 1.54) is 17.5 Å². The van der Waals surface area contributed by atoms with Gasteiger partial charge in [0.1, 0.15) is 0 Å². The molecular weight excluding hydrogens is 252 g/mol. The summed E-state index contributed by atoms with van der Waals surface area (Å²) in [6.45, 7) is 3.03. The summed E-state index contributed by atoms with van der Waals surface area (Å²) in [6.07, 6.45) is 3.39. The SMILES string of the molecule is CCNC(=O)CN(C)CC(=O)c1ccc2c(c1)CCC2. The second kappa shape index (κ2) is 6.66. The summed E-state index contributed by atoms with van der Waals surface area (Å²) in [5, 5.41) is 2.73. The van der Waals surface area contributed by atoms with Crippen molar-refractivity contribution in [3.8, 4) is 0 Å². The van der Waals surface area contributed by atoms with Crippen molar-refractivity contribution in [2.24, 2.45) is 0 Å². The van der Waals surface area contributed by atoms with E-state index in [0.717, 1.165) is 18.4 Å². The monoisotopic (exact) mass is 274 g/mol. The Morgan fingerprint density at radius 3 is 2.70 bits per heavy atom. The molecule has 4 nitrogen and oxygen atoms in total. The summed E-state index contributed by atoms with van der Waals surface area (Å²) >= 11 is 0. The number of benzene rings is 1. The number of amides is 1. The van der Waals surface area contributed by atoms with Crippen LogP contribution in [0.2, 0.25) is 0 Å². The van der Waals surface area contributed by atoms with Crippen molar-refractivity contribution in [2.75, 3.05) is 26.7 Å². The minimum atomic E-state index is -0.0447. The summed E-state index contributed by atoms with van der Waals surface area (Å²) in [5.41, 5.74) is 3.44. The Kier molecular flexibility index (Phi) is 4.90. The topological polar surface area (TPSA) is 49.4 Å². The number of nitrogens with one attached hydrogen (secondary N) is 1. The lowest BCUT2D eigenvalue weighted by atomic mass is 10.0. The van der Waals surface area contributed by atoms with E-state index < -0.39 is 0 Å². The molecule has 0 bridgehead atoms. The molecular formula is C16H22N2O2. The summed E-state index contributed by atoms with van der Waals surface area (Å²) in [4.78, 5) is 25.4. The smallest absolute Gasteiger partial charge is 0.234 e. The minimum Gasteiger partial charge on any atom is -0.355 e. The van der Waals surface area contributed by atoms with Crippen molar-refractivity contribution in [3.05, 3.63) is 34.9 Å². The summed E-state index contributed by atoms with van der Waals surface area (Å²) in [6, 6.07) is 6.00. The highest BCUT2D eigenvalue weighted by Gasteiger charge is 2.16. The lowest BCUT2D eigenvalue weighted by molar-refractivity contribution is -0.121. The molecule has 0 heterocycles. The maximum Gasteiger partial charge on any atom is 0.234 e. The minimum absolute atomic E-state index is 0.0447. The van der Waals surface area contributed by atoms with Gasteiger partial charge in [-0.3, -0.25) is 14.5 Å². The zero-order chi connectivity index (χ0) is 14.5. The van der Waals surface area contributed by atoms with E-state index in [1.807, 2.05) is 19.1 Å². The van der Waals surface area contributed by atoms with E-state index in [-0.39, 0.29) is 24.8 Å². The van der Waals surface area contributed by atoms with Crippen LogP contribution < -0.4 is 5.32 Å². The number of hydrogen-bond donors (Lipinski definition) is 1. The Morgan fingerprint density at radius 1 is 1.20 bits per heavy atom. The average Bonchev–Trinajstić information content (AvgIpc) is 2.85. The molecule has 0 fully saturated rings. The number of nitrogens with zero attached hydrogens (tertiary/aromatic N) is 1. The first-order valence-corrected chi connectivity index (χ1v) is 7.20. The third-order valence-electron chi connectivity index (χ3n) is 3.62. The molecule has 1 aliphatic rings. The van der Waals surface area contributed by atoms with Gasteiger partial charge in [-0.2, -0.15) is 0 Å². The van der Waals surface area contributed by atoms with Gasteiger partial charge in [-0.15, -0.1) is 0 Å². The Labute approximate surface area is 120 Å². The first kappa shape index (κ1) is 14.7. The quantitative estimate of drug-likeness (QED) is 0.798. The predicted molar refractivity (Wildman–Crippen MR) is 79.0 cm³/mol. The van der Waals surface area contributed by atoms with Crippen LogP contribution in [0.3, 0.4) is 0 Å². The standard InChI is InChI=1S/C16H22N2O2/c1-3-17-16(20)11-18(2)10-15(19)14-8-7-12-5-4-6-13(12)9-14/h7-9H,3-6,10-11H2,1-2H3,(H,17,20). The molecule has 1 aromatic rings. The number of carbonyl (C=O) groups is 2. The van der Waals surface area contributed by atoms with E-state index in [9.17, 15) is 9.59 Å². The van der Waals surface area contributed by atoms with Crippen LogP contribution in [0.15, 0.2) is 18.2 Å². The molecule has 0 saturated carbocycles. The lowest BCUT2D eigenvalue weighted by Crippen LogP contribution is -2.37. The molecule has 1 aromatic carbocycles. The van der Waals surface area contributed by atoms with Crippen molar-refractivity contribution in [2.45, 2.75) is 26.2 Å². The molecule has 1 aliphatic carbocycles. The fourth-order valence-corrected chi connectivity index (χ4v) is 2.64. The fraction of sp³-hybridized carbons (Fsp3) is 0.500. The molecule has 108 valence electrons. The molecule has 0 aromatic heterocycles. The van der Waals surface area contributed by atoms with E-state index >= 15 is 0 Å². The van der Waals surface area contributed by atoms with Crippen LogP contribution in [0.25, 0.3) is 0 Å². The number of hydrogen-bond acceptors (Lipinski definition) is 3. The van der Waals surface area contributed by atoms with Gasteiger partial charge in [0.05, 0.1) is 13.1 Å². The predicted octanol–water partition coefficient (Wildman–Crippen LogP) is 1.43. The van der Waals surface area contributed by atoms with Gasteiger partial charge in [-0.1, -0.05) is 12.1 Å². The average molecular weight is 274 g/mol. The van der Waals surface area contributed by atoms with Gasteiger partial charge >= 0.3 is 0 Å². The van der Waals surface area contributed by atoms with Crippen LogP contribution in [-0.4, -0.2) is 43.3 Å². The zero-order valence-corrected chi connectivity index (χ0v) is 12.2. The Hall–Kier alpha value is -1.68. The molecule has 20 heavy (non-hydrogen) atoms. The fourth-order valence-electron chi connectivity index (χ4n) is 2.64. The van der Waals surface area contributed by atoms with Crippen molar-refractivity contribution in [1.29, 1.82) is 0 Å². The maximum absolute atomic E-state index is 12.2. The van der Waals surface area contributed by atoms with E-state index in [2.05, 4.69) is 11.4 Å². The van der Waals surface area contributed by atoms with Gasteiger partial charge in [0.2, 0.25) is 5.91 Å². The molecule has 2 rings (SSSR count). The van der Waals surface area contributed by atoms with Crippen molar-refractivity contribution in [3.63, 3.8) is 0 Å². The number of ketones is 1. The highest BCUT2D eigenvalue weighted by Crippen LogP contribution is 2.23. The molecule has 4 heteroatoms. The second-order valence-electron chi connectivity index (χ2n) is 5.39. The Balaban J connectivity index is 1.93. The van der Waals surface area contributed by atoms with Crippen molar-refractivity contribution < 1.29 is 9.59 Å². The third kappa shape index (κ3) is 3.67. The molecule has 0 aliphatic heterocycles. The summed E-state index contributed by atoms with van der Waals surface area (Å²) in [5.74, 6) is 0.0308. The third-order valence-corrected chi connectivity index (χ3v) is 3.62. The normalized spacial score (nSPS) is 13.3. The number of rotatable bonds is 6. The first-order valence-electron chi connectivity index (χ1n) is 7.20. The highest BCUT2D eigenvalue weighted by molar-refractivity contribution is 5.98. The van der Waals surface area contributed by atoms with Crippen molar-refractivity contribution >= 4 is 11.7 Å². The Bertz CT molecular complexity index is 511. The number of fused-ring (bicyclic) bond motifs is 1. The molecule has 0 radical (unpaired) electrons. The lowest BCUT2D eigenvalue weighted by Gasteiger charge is -2.15. The van der Waals surface area contributed by atoms with Crippen LogP contribution in [0.5, 0.6) is 0 Å². The molecule has 0 atom stereocenters. The van der Waals surface area contributed by atoms with Crippen LogP contribution in [0, 0.1) is 0 Å². The molecule has 0 spiro atoms. The largest absolute Gasteiger partial charge is 0.355 e. The number of carbonyl (C=O) groups excluding carboxylic acids is 2.